The van der Waals surface area contributed by atoms with Gasteiger partial charge in [0.1, 0.15) is 0 Å². The Morgan fingerprint density at radius 1 is 1.10 bits per heavy atom. The Balaban J connectivity index is 1.67. The van der Waals surface area contributed by atoms with E-state index in [9.17, 15) is 4.79 Å². The number of hydrogen-bond donors (Lipinski definition) is 1. The molecule has 1 aliphatic carbocycles. The number of ether oxygens (including phenoxy) is 1. The number of carbonyl (C=O) groups excluding carboxylic acids is 1. The summed E-state index contributed by atoms with van der Waals surface area (Å²) in [5.74, 6) is 0.498. The summed E-state index contributed by atoms with van der Waals surface area (Å²) in [5.41, 5.74) is 5.65. The second kappa shape index (κ2) is 6.20. The third-order valence-electron chi connectivity index (χ3n) is 3.83. The molecule has 1 heterocycles. The second-order valence-electron chi connectivity index (χ2n) is 5.36. The van der Waals surface area contributed by atoms with Crippen molar-refractivity contribution in [2.45, 2.75) is 18.8 Å². The summed E-state index contributed by atoms with van der Waals surface area (Å²) in [6.07, 6.45) is 3.26. The average molecular weight is 272 g/mol. The molecule has 1 N–H and O–H groups in total. The van der Waals surface area contributed by atoms with Gasteiger partial charge in [-0.05, 0) is 17.9 Å². The highest BCUT2D eigenvalue weighted by molar-refractivity contribution is 5.91. The molecule has 4 heteroatoms. The van der Waals surface area contributed by atoms with Crippen LogP contribution in [0.5, 0.6) is 0 Å². The third-order valence-corrected chi connectivity index (χ3v) is 3.83. The number of morpholine rings is 1. The fourth-order valence-electron chi connectivity index (χ4n) is 2.81. The Labute approximate surface area is 119 Å². The van der Waals surface area contributed by atoms with E-state index in [2.05, 4.69) is 22.6 Å². The number of allylic oxidation sites excluding steroid dienone is 2. The lowest BCUT2D eigenvalue weighted by Gasteiger charge is -2.31. The molecule has 0 spiro atoms. The van der Waals surface area contributed by atoms with Crippen LogP contribution in [0.3, 0.4) is 0 Å². The molecule has 1 aromatic rings. The van der Waals surface area contributed by atoms with Gasteiger partial charge in [-0.2, -0.15) is 0 Å². The van der Waals surface area contributed by atoms with Crippen molar-refractivity contribution in [3.63, 3.8) is 0 Å². The van der Waals surface area contributed by atoms with Gasteiger partial charge in [0.15, 0.2) is 5.78 Å². The number of hydrogen-bond acceptors (Lipinski definition) is 4. The standard InChI is InChI=1S/C16H20N2O2/c19-16-11-14(13-4-2-1-3-5-13)10-15(12-16)17-18-6-8-20-9-7-18/h1-5,12,14,17H,6-11H2/t14-/m1/s1. The maximum Gasteiger partial charge on any atom is 0.158 e. The minimum atomic E-state index is 0.209. The molecule has 0 unspecified atom stereocenters. The van der Waals surface area contributed by atoms with Gasteiger partial charge in [0.25, 0.3) is 0 Å². The Kier molecular flexibility index (Phi) is 4.14. The third kappa shape index (κ3) is 3.26. The van der Waals surface area contributed by atoms with E-state index < -0.39 is 0 Å². The van der Waals surface area contributed by atoms with E-state index in [1.54, 1.807) is 6.08 Å². The Morgan fingerprint density at radius 3 is 2.60 bits per heavy atom. The number of nitrogens with zero attached hydrogens (tertiary/aromatic N) is 1. The van der Waals surface area contributed by atoms with Crippen LogP contribution in [0.4, 0.5) is 0 Å². The molecule has 106 valence electrons. The molecular formula is C16H20N2O2. The van der Waals surface area contributed by atoms with Crippen molar-refractivity contribution < 1.29 is 9.53 Å². The minimum absolute atomic E-state index is 0.209. The van der Waals surface area contributed by atoms with E-state index in [1.807, 2.05) is 18.2 Å². The fraction of sp³-hybridized carbons (Fsp3) is 0.438. The van der Waals surface area contributed by atoms with Crippen molar-refractivity contribution in [2.75, 3.05) is 26.3 Å². The van der Waals surface area contributed by atoms with E-state index in [0.717, 1.165) is 38.4 Å². The minimum Gasteiger partial charge on any atom is -0.379 e. The quantitative estimate of drug-likeness (QED) is 0.912. The summed E-state index contributed by atoms with van der Waals surface area (Å²) in [4.78, 5) is 11.9. The van der Waals surface area contributed by atoms with E-state index >= 15 is 0 Å². The van der Waals surface area contributed by atoms with Crippen molar-refractivity contribution in [2.24, 2.45) is 0 Å². The van der Waals surface area contributed by atoms with Gasteiger partial charge in [-0.1, -0.05) is 30.3 Å². The molecule has 0 saturated carbocycles. The molecule has 20 heavy (non-hydrogen) atoms. The molecule has 0 bridgehead atoms. The zero-order chi connectivity index (χ0) is 13.8. The molecule has 1 aliphatic heterocycles. The highest BCUT2D eigenvalue weighted by atomic mass is 16.5. The van der Waals surface area contributed by atoms with Crippen molar-refractivity contribution >= 4 is 5.78 Å². The van der Waals surface area contributed by atoms with Gasteiger partial charge in [-0.3, -0.25) is 4.79 Å². The molecule has 4 nitrogen and oxygen atoms in total. The lowest BCUT2D eigenvalue weighted by atomic mass is 9.85. The van der Waals surface area contributed by atoms with Gasteiger partial charge < -0.3 is 10.2 Å². The molecular weight excluding hydrogens is 252 g/mol. The van der Waals surface area contributed by atoms with Crippen LogP contribution < -0.4 is 5.43 Å². The zero-order valence-electron chi connectivity index (χ0n) is 11.5. The van der Waals surface area contributed by atoms with Gasteiger partial charge in [0, 0.05) is 31.3 Å². The molecule has 1 atom stereocenters. The molecule has 0 aromatic heterocycles. The average Bonchev–Trinajstić information content (AvgIpc) is 2.49. The van der Waals surface area contributed by atoms with Crippen LogP contribution in [0, 0.1) is 0 Å². The van der Waals surface area contributed by atoms with Crippen LogP contribution in [-0.2, 0) is 9.53 Å². The van der Waals surface area contributed by atoms with Crippen molar-refractivity contribution in [1.29, 1.82) is 0 Å². The maximum absolute atomic E-state index is 11.9. The zero-order valence-corrected chi connectivity index (χ0v) is 11.5. The van der Waals surface area contributed by atoms with E-state index in [-0.39, 0.29) is 11.7 Å². The first-order valence-electron chi connectivity index (χ1n) is 7.19. The molecule has 1 aromatic carbocycles. The van der Waals surface area contributed by atoms with E-state index in [1.165, 1.54) is 5.56 Å². The first kappa shape index (κ1) is 13.3. The number of ketones is 1. The van der Waals surface area contributed by atoms with Crippen LogP contribution in [0.15, 0.2) is 42.1 Å². The second-order valence-corrected chi connectivity index (χ2v) is 5.36. The van der Waals surface area contributed by atoms with Crippen molar-refractivity contribution in [3.05, 3.63) is 47.7 Å². The first-order valence-corrected chi connectivity index (χ1v) is 7.19. The summed E-state index contributed by atoms with van der Waals surface area (Å²) in [6.45, 7) is 3.22. The predicted octanol–water partition coefficient (Wildman–Crippen LogP) is 1.85. The molecule has 1 fully saturated rings. The number of rotatable bonds is 3. The van der Waals surface area contributed by atoms with Crippen molar-refractivity contribution in [3.8, 4) is 0 Å². The Bertz CT molecular complexity index is 492. The monoisotopic (exact) mass is 272 g/mol. The van der Waals surface area contributed by atoms with Crippen LogP contribution >= 0.6 is 0 Å². The molecule has 2 aliphatic rings. The largest absolute Gasteiger partial charge is 0.379 e. The van der Waals surface area contributed by atoms with E-state index in [0.29, 0.717) is 6.42 Å². The lowest BCUT2D eigenvalue weighted by molar-refractivity contribution is -0.115. The van der Waals surface area contributed by atoms with Gasteiger partial charge in [-0.15, -0.1) is 0 Å². The van der Waals surface area contributed by atoms with Gasteiger partial charge in [0.2, 0.25) is 0 Å². The fourth-order valence-corrected chi connectivity index (χ4v) is 2.81. The van der Waals surface area contributed by atoms with Crippen LogP contribution in [-0.4, -0.2) is 37.1 Å². The molecule has 0 radical (unpaired) electrons. The van der Waals surface area contributed by atoms with Crippen LogP contribution in [0.25, 0.3) is 0 Å². The molecule has 0 amide bonds. The van der Waals surface area contributed by atoms with Gasteiger partial charge in [-0.25, -0.2) is 5.01 Å². The summed E-state index contributed by atoms with van der Waals surface area (Å²) in [5, 5.41) is 2.13. The Hall–Kier alpha value is -1.65. The van der Waals surface area contributed by atoms with Crippen LogP contribution in [0.1, 0.15) is 24.3 Å². The van der Waals surface area contributed by atoms with Gasteiger partial charge in [0.05, 0.1) is 13.2 Å². The summed E-state index contributed by atoms with van der Waals surface area (Å²) in [6, 6.07) is 10.3. The number of nitrogens with one attached hydrogen (secondary N) is 1. The summed E-state index contributed by atoms with van der Waals surface area (Å²) in [7, 11) is 0. The molecule has 1 saturated heterocycles. The molecule has 3 rings (SSSR count). The topological polar surface area (TPSA) is 41.6 Å². The predicted molar refractivity (Wildman–Crippen MR) is 77.0 cm³/mol. The lowest BCUT2D eigenvalue weighted by Crippen LogP contribution is -2.45. The summed E-state index contributed by atoms with van der Waals surface area (Å²) >= 11 is 0. The smallest absolute Gasteiger partial charge is 0.158 e. The van der Waals surface area contributed by atoms with E-state index in [4.69, 9.17) is 4.74 Å². The summed E-state index contributed by atoms with van der Waals surface area (Å²) < 4.78 is 5.33. The Morgan fingerprint density at radius 2 is 1.85 bits per heavy atom. The highest BCUT2D eigenvalue weighted by Gasteiger charge is 2.23. The van der Waals surface area contributed by atoms with Crippen LogP contribution in [0.2, 0.25) is 0 Å². The number of hydrazine groups is 1. The normalized spacial score (nSPS) is 24.3. The SMILES string of the molecule is O=C1C=C(NN2CCOCC2)C[C@@H](c2ccccc2)C1. The number of benzene rings is 1. The van der Waals surface area contributed by atoms with Gasteiger partial charge >= 0.3 is 0 Å². The highest BCUT2D eigenvalue weighted by Crippen LogP contribution is 2.30. The van der Waals surface area contributed by atoms with Crippen molar-refractivity contribution in [1.82, 2.24) is 10.4 Å². The first-order chi connectivity index (χ1) is 9.81. The number of carbonyl (C=O) groups is 1. The maximum atomic E-state index is 11.9.